The van der Waals surface area contributed by atoms with Crippen LogP contribution in [0.1, 0.15) is 0 Å². The highest BCUT2D eigenvalue weighted by molar-refractivity contribution is 8.77. The van der Waals surface area contributed by atoms with Crippen LogP contribution in [0.15, 0.2) is 36.7 Å². The zero-order valence-electron chi connectivity index (χ0n) is 10.3. The van der Waals surface area contributed by atoms with Crippen LogP contribution in [0.25, 0.3) is 0 Å². The first-order chi connectivity index (χ1) is 9.88. The van der Waals surface area contributed by atoms with Gasteiger partial charge in [0.25, 0.3) is 0 Å². The van der Waals surface area contributed by atoms with Crippen LogP contribution in [0.2, 0.25) is 0 Å². The summed E-state index contributed by atoms with van der Waals surface area (Å²) < 4.78 is 0. The summed E-state index contributed by atoms with van der Waals surface area (Å²) in [6.07, 6.45) is 3.58. The average Bonchev–Trinajstić information content (AvgIpc) is 3.07. The number of nitrogens with one attached hydrogen (secondary N) is 4. The fourth-order valence-electron chi connectivity index (χ4n) is 2.08. The van der Waals surface area contributed by atoms with E-state index in [4.69, 9.17) is 0 Å². The van der Waals surface area contributed by atoms with E-state index in [1.165, 1.54) is 0 Å². The van der Waals surface area contributed by atoms with Gasteiger partial charge in [-0.15, -0.1) is 0 Å². The molecule has 2 aromatic rings. The van der Waals surface area contributed by atoms with E-state index in [9.17, 15) is 0 Å². The standard InChI is InChI=1S/C12H12N6S2/c1-3-7-9(13-5-1)17-11(15-7)19-20-12-16-8-4-2-6-14-10(8)18-12/h1-6,11-12,15-16H,(H,13,17)(H,14,18). The highest BCUT2D eigenvalue weighted by atomic mass is 33.1. The molecule has 0 fully saturated rings. The van der Waals surface area contributed by atoms with Gasteiger partial charge < -0.3 is 21.3 Å². The third-order valence-corrected chi connectivity index (χ3v) is 5.43. The molecule has 0 radical (unpaired) electrons. The molecule has 4 heterocycles. The molecular formula is C12H12N6S2. The van der Waals surface area contributed by atoms with Crippen LogP contribution in [0.4, 0.5) is 23.0 Å². The fraction of sp³-hybridized carbons (Fsp3) is 0.167. The Morgan fingerprint density at radius 2 is 1.25 bits per heavy atom. The lowest BCUT2D eigenvalue weighted by molar-refractivity contribution is 1.19. The van der Waals surface area contributed by atoms with Gasteiger partial charge in [0, 0.05) is 12.4 Å². The highest BCUT2D eigenvalue weighted by Crippen LogP contribution is 2.40. The number of fused-ring (bicyclic) bond motifs is 2. The van der Waals surface area contributed by atoms with Crippen molar-refractivity contribution in [1.82, 2.24) is 9.97 Å². The van der Waals surface area contributed by atoms with E-state index in [0.29, 0.717) is 0 Å². The van der Waals surface area contributed by atoms with Crippen molar-refractivity contribution in [2.45, 2.75) is 11.0 Å². The molecule has 0 spiro atoms. The Balaban J connectivity index is 1.33. The number of hydrogen-bond donors (Lipinski definition) is 4. The fourth-order valence-corrected chi connectivity index (χ4v) is 4.22. The summed E-state index contributed by atoms with van der Waals surface area (Å²) in [5.74, 6) is 1.81. The van der Waals surface area contributed by atoms with Gasteiger partial charge in [-0.25, -0.2) is 9.97 Å². The maximum atomic E-state index is 4.28. The minimum atomic E-state index is 0.116. The van der Waals surface area contributed by atoms with Crippen LogP contribution < -0.4 is 21.3 Å². The zero-order valence-corrected chi connectivity index (χ0v) is 12.0. The van der Waals surface area contributed by atoms with Crippen LogP contribution in [0, 0.1) is 0 Å². The van der Waals surface area contributed by atoms with Gasteiger partial charge in [-0.1, -0.05) is 0 Å². The van der Waals surface area contributed by atoms with Gasteiger partial charge >= 0.3 is 0 Å². The number of hydrogen-bond acceptors (Lipinski definition) is 8. The average molecular weight is 304 g/mol. The number of pyridine rings is 2. The molecule has 6 nitrogen and oxygen atoms in total. The summed E-state index contributed by atoms with van der Waals surface area (Å²) in [4.78, 5) is 8.57. The quantitative estimate of drug-likeness (QED) is 0.645. The van der Waals surface area contributed by atoms with Crippen molar-refractivity contribution in [2.75, 3.05) is 21.3 Å². The first-order valence-electron chi connectivity index (χ1n) is 6.17. The highest BCUT2D eigenvalue weighted by Gasteiger charge is 2.25. The van der Waals surface area contributed by atoms with Crippen molar-refractivity contribution in [3.8, 4) is 0 Å². The SMILES string of the molecule is c1cnc2c(c1)NC(SSC1Nc3cccnc3N1)N2. The van der Waals surface area contributed by atoms with Crippen molar-refractivity contribution in [1.29, 1.82) is 0 Å². The summed E-state index contributed by atoms with van der Waals surface area (Å²) in [6, 6.07) is 7.89. The Morgan fingerprint density at radius 1 is 0.750 bits per heavy atom. The second-order valence-corrected chi connectivity index (χ2v) is 6.81. The van der Waals surface area contributed by atoms with Crippen molar-refractivity contribution in [2.24, 2.45) is 0 Å². The molecule has 4 rings (SSSR count). The normalized spacial score (nSPS) is 22.0. The molecule has 4 N–H and O–H groups in total. The molecule has 2 atom stereocenters. The monoisotopic (exact) mass is 304 g/mol. The molecular weight excluding hydrogens is 292 g/mol. The first-order valence-corrected chi connectivity index (χ1v) is 8.44. The van der Waals surface area contributed by atoms with E-state index >= 15 is 0 Å². The molecule has 2 aliphatic rings. The third kappa shape index (κ3) is 2.20. The Hall–Kier alpha value is -1.80. The van der Waals surface area contributed by atoms with Crippen LogP contribution in [-0.2, 0) is 0 Å². The van der Waals surface area contributed by atoms with Gasteiger partial charge in [0.2, 0.25) is 0 Å². The molecule has 8 heteroatoms. The number of rotatable bonds is 3. The molecule has 2 aromatic heterocycles. The maximum Gasteiger partial charge on any atom is 0.157 e. The van der Waals surface area contributed by atoms with Gasteiger partial charge in [0.05, 0.1) is 11.4 Å². The van der Waals surface area contributed by atoms with E-state index in [-0.39, 0.29) is 11.0 Å². The van der Waals surface area contributed by atoms with Crippen LogP contribution in [0.5, 0.6) is 0 Å². The van der Waals surface area contributed by atoms with Gasteiger partial charge in [0.15, 0.2) is 22.6 Å². The lowest BCUT2D eigenvalue weighted by atomic mass is 10.4. The molecule has 0 aromatic carbocycles. The Labute approximate surface area is 123 Å². The Kier molecular flexibility index (Phi) is 2.96. The summed E-state index contributed by atoms with van der Waals surface area (Å²) >= 11 is 0. The predicted octanol–water partition coefficient (Wildman–Crippen LogP) is 2.80. The smallest absolute Gasteiger partial charge is 0.157 e. The van der Waals surface area contributed by atoms with E-state index in [0.717, 1.165) is 23.0 Å². The van der Waals surface area contributed by atoms with Crippen molar-refractivity contribution < 1.29 is 0 Å². The second-order valence-electron chi connectivity index (χ2n) is 4.33. The van der Waals surface area contributed by atoms with Crippen LogP contribution in [-0.4, -0.2) is 21.0 Å². The van der Waals surface area contributed by atoms with Gasteiger partial charge in [-0.2, -0.15) is 0 Å². The van der Waals surface area contributed by atoms with Crippen molar-refractivity contribution >= 4 is 44.6 Å². The number of aromatic nitrogens is 2. The molecule has 2 aliphatic heterocycles. The molecule has 0 saturated heterocycles. The Morgan fingerprint density at radius 3 is 1.70 bits per heavy atom. The summed E-state index contributed by atoms with van der Waals surface area (Å²) in [6.45, 7) is 0. The van der Waals surface area contributed by atoms with E-state index in [2.05, 4.69) is 31.2 Å². The topological polar surface area (TPSA) is 73.9 Å². The number of anilines is 4. The van der Waals surface area contributed by atoms with Crippen molar-refractivity contribution in [3.05, 3.63) is 36.7 Å². The van der Waals surface area contributed by atoms with Gasteiger partial charge in [-0.3, -0.25) is 0 Å². The summed E-state index contributed by atoms with van der Waals surface area (Å²) in [7, 11) is 3.42. The second kappa shape index (κ2) is 4.95. The lowest BCUT2D eigenvalue weighted by Crippen LogP contribution is -2.21. The summed E-state index contributed by atoms with van der Waals surface area (Å²) in [5.41, 5.74) is 2.32. The lowest BCUT2D eigenvalue weighted by Gasteiger charge is -2.15. The third-order valence-electron chi connectivity index (χ3n) is 2.97. The minimum absolute atomic E-state index is 0.116. The number of nitrogens with zero attached hydrogens (tertiary/aromatic N) is 2. The minimum Gasteiger partial charge on any atom is -0.353 e. The molecule has 0 bridgehead atoms. The maximum absolute atomic E-state index is 4.28. The molecule has 102 valence electrons. The molecule has 20 heavy (non-hydrogen) atoms. The predicted molar refractivity (Wildman–Crippen MR) is 85.7 cm³/mol. The molecule has 0 aliphatic carbocycles. The summed E-state index contributed by atoms with van der Waals surface area (Å²) in [5, 5.41) is 13.4. The van der Waals surface area contributed by atoms with Gasteiger partial charge in [-0.05, 0) is 45.9 Å². The van der Waals surface area contributed by atoms with E-state index in [1.807, 2.05) is 24.3 Å². The van der Waals surface area contributed by atoms with E-state index < -0.39 is 0 Å². The van der Waals surface area contributed by atoms with Crippen LogP contribution in [0.3, 0.4) is 0 Å². The molecule has 0 saturated carbocycles. The molecule has 2 unspecified atom stereocenters. The van der Waals surface area contributed by atoms with E-state index in [1.54, 1.807) is 34.0 Å². The zero-order chi connectivity index (χ0) is 13.4. The van der Waals surface area contributed by atoms with Crippen molar-refractivity contribution in [3.63, 3.8) is 0 Å². The molecule has 0 amide bonds. The van der Waals surface area contributed by atoms with Gasteiger partial charge in [0.1, 0.15) is 0 Å². The largest absolute Gasteiger partial charge is 0.353 e. The van der Waals surface area contributed by atoms with Crippen LogP contribution >= 0.6 is 21.6 Å². The Bertz CT molecular complexity index is 531. The first kappa shape index (κ1) is 12.0.